The molecule has 0 aromatic carbocycles. The second kappa shape index (κ2) is 53.6. The predicted molar refractivity (Wildman–Crippen MR) is 279 cm³/mol. The molecule has 0 rings (SSSR count). The minimum atomic E-state index is -0.590. The summed E-state index contributed by atoms with van der Waals surface area (Å²) < 4.78 is 17.3. The molecule has 0 radical (unpaired) electrons. The summed E-state index contributed by atoms with van der Waals surface area (Å²) >= 11 is 0. The van der Waals surface area contributed by atoms with Crippen LogP contribution in [0.2, 0.25) is 0 Å². The van der Waals surface area contributed by atoms with Crippen molar-refractivity contribution in [3.8, 4) is 0 Å². The highest BCUT2D eigenvalue weighted by Crippen LogP contribution is 2.12. The molecule has 0 aliphatic rings. The summed E-state index contributed by atoms with van der Waals surface area (Å²) in [6.07, 6.45) is 75.1. The van der Waals surface area contributed by atoms with Gasteiger partial charge in [-0.3, -0.25) is 9.59 Å². The lowest BCUT2D eigenvalue weighted by Gasteiger charge is -2.18. The van der Waals surface area contributed by atoms with E-state index in [4.69, 9.17) is 14.2 Å². The number of carbonyl (C=O) groups excluding carboxylic acids is 2. The van der Waals surface area contributed by atoms with Gasteiger partial charge in [-0.15, -0.1) is 0 Å². The number of carbonyl (C=O) groups is 2. The molecule has 0 bridgehead atoms. The van der Waals surface area contributed by atoms with Crippen LogP contribution in [0.15, 0.2) is 122 Å². The summed E-state index contributed by atoms with van der Waals surface area (Å²) in [4.78, 5) is 25.4. The van der Waals surface area contributed by atoms with Crippen molar-refractivity contribution in [2.75, 3.05) is 19.8 Å². The van der Waals surface area contributed by atoms with Gasteiger partial charge in [0.25, 0.3) is 0 Å². The van der Waals surface area contributed by atoms with Crippen molar-refractivity contribution in [1.82, 2.24) is 0 Å². The van der Waals surface area contributed by atoms with E-state index < -0.39 is 6.10 Å². The highest BCUT2D eigenvalue weighted by Gasteiger charge is 2.17. The first-order valence-corrected chi connectivity index (χ1v) is 26.1. The van der Waals surface area contributed by atoms with E-state index in [2.05, 4.69) is 136 Å². The molecule has 5 heteroatoms. The van der Waals surface area contributed by atoms with E-state index in [9.17, 15) is 9.59 Å². The first-order chi connectivity index (χ1) is 31.6. The number of hydrogen-bond acceptors (Lipinski definition) is 5. The van der Waals surface area contributed by atoms with Crippen molar-refractivity contribution >= 4 is 11.9 Å². The van der Waals surface area contributed by atoms with Crippen molar-refractivity contribution in [2.24, 2.45) is 0 Å². The zero-order valence-electron chi connectivity index (χ0n) is 41.5. The Bertz CT molecular complexity index is 1320. The van der Waals surface area contributed by atoms with E-state index in [0.29, 0.717) is 25.9 Å². The molecular formula is C59H96O5. The summed E-state index contributed by atoms with van der Waals surface area (Å²) in [5.74, 6) is -0.524. The minimum Gasteiger partial charge on any atom is -0.462 e. The van der Waals surface area contributed by atoms with E-state index in [1.807, 2.05) is 6.08 Å². The molecule has 5 nitrogen and oxygen atoms in total. The van der Waals surface area contributed by atoms with Gasteiger partial charge in [0.05, 0.1) is 6.61 Å². The quantitative estimate of drug-likeness (QED) is 0.0346. The minimum absolute atomic E-state index is 0.0255. The molecule has 362 valence electrons. The van der Waals surface area contributed by atoms with Crippen LogP contribution >= 0.6 is 0 Å². The van der Waals surface area contributed by atoms with Gasteiger partial charge < -0.3 is 14.2 Å². The van der Waals surface area contributed by atoms with Crippen molar-refractivity contribution in [3.05, 3.63) is 122 Å². The molecule has 64 heavy (non-hydrogen) atoms. The summed E-state index contributed by atoms with van der Waals surface area (Å²) in [7, 11) is 0. The maximum atomic E-state index is 12.8. The van der Waals surface area contributed by atoms with E-state index in [-0.39, 0.29) is 25.2 Å². The van der Waals surface area contributed by atoms with Crippen LogP contribution in [0.3, 0.4) is 0 Å². The second-order valence-corrected chi connectivity index (χ2v) is 16.7. The van der Waals surface area contributed by atoms with Crippen molar-refractivity contribution in [3.63, 3.8) is 0 Å². The van der Waals surface area contributed by atoms with Crippen molar-refractivity contribution in [1.29, 1.82) is 0 Å². The van der Waals surface area contributed by atoms with Gasteiger partial charge in [0, 0.05) is 19.4 Å². The lowest BCUT2D eigenvalue weighted by atomic mass is 10.1. The normalized spacial score (nSPS) is 13.2. The summed E-state index contributed by atoms with van der Waals surface area (Å²) in [5, 5.41) is 0. The van der Waals surface area contributed by atoms with Gasteiger partial charge in [-0.25, -0.2) is 0 Å². The number of unbranched alkanes of at least 4 members (excludes halogenated alkanes) is 15. The molecule has 0 aromatic heterocycles. The fourth-order valence-electron chi connectivity index (χ4n) is 6.66. The Morgan fingerprint density at radius 2 is 0.734 bits per heavy atom. The molecule has 0 fully saturated rings. The van der Waals surface area contributed by atoms with Crippen molar-refractivity contribution in [2.45, 2.75) is 219 Å². The number of rotatable bonds is 46. The summed E-state index contributed by atoms with van der Waals surface area (Å²) in [6.45, 7) is 7.45. The van der Waals surface area contributed by atoms with Gasteiger partial charge in [0.2, 0.25) is 0 Å². The van der Waals surface area contributed by atoms with Crippen LogP contribution in [0.5, 0.6) is 0 Å². The van der Waals surface area contributed by atoms with E-state index >= 15 is 0 Å². The van der Waals surface area contributed by atoms with Crippen LogP contribution in [0.25, 0.3) is 0 Å². The molecule has 0 aromatic rings. The molecule has 0 heterocycles. The van der Waals surface area contributed by atoms with Crippen LogP contribution in [-0.4, -0.2) is 37.9 Å². The number of esters is 2. The Morgan fingerprint density at radius 3 is 1.20 bits per heavy atom. The van der Waals surface area contributed by atoms with Gasteiger partial charge in [0.1, 0.15) is 6.61 Å². The maximum absolute atomic E-state index is 12.8. The Kier molecular flexibility index (Phi) is 50.5. The third kappa shape index (κ3) is 50.9. The fraction of sp³-hybridized carbons (Fsp3) is 0.627. The third-order valence-corrected chi connectivity index (χ3v) is 10.5. The highest BCUT2D eigenvalue weighted by atomic mass is 16.6. The molecule has 0 saturated heterocycles. The first kappa shape index (κ1) is 60.3. The Labute approximate surface area is 395 Å². The molecule has 0 N–H and O–H groups in total. The van der Waals surface area contributed by atoms with Crippen LogP contribution in [-0.2, 0) is 23.8 Å². The van der Waals surface area contributed by atoms with Gasteiger partial charge in [0.15, 0.2) is 6.10 Å². The molecule has 1 atom stereocenters. The maximum Gasteiger partial charge on any atom is 0.306 e. The van der Waals surface area contributed by atoms with Crippen LogP contribution < -0.4 is 0 Å². The molecule has 0 saturated carbocycles. The van der Waals surface area contributed by atoms with E-state index in [1.54, 1.807) is 0 Å². The van der Waals surface area contributed by atoms with Crippen LogP contribution in [0.1, 0.15) is 213 Å². The lowest BCUT2D eigenvalue weighted by Crippen LogP contribution is -2.30. The van der Waals surface area contributed by atoms with Gasteiger partial charge in [-0.05, 0) is 116 Å². The SMILES string of the molecule is CC/C=C\C/C=C\C/C=C\C/C=C\C/C=C\C/C=C\CCC(=O)OCC(COCCCCCC/C=C\C/C=C\C/C=C\CC)OC(=O)CCCCCCC/C=C\CCCCCCCC. The van der Waals surface area contributed by atoms with Gasteiger partial charge in [-0.1, -0.05) is 206 Å². The molecule has 0 amide bonds. The summed E-state index contributed by atoms with van der Waals surface area (Å²) in [5.41, 5.74) is 0. The van der Waals surface area contributed by atoms with Crippen LogP contribution in [0, 0.1) is 0 Å². The molecule has 1 unspecified atom stereocenters. The lowest BCUT2D eigenvalue weighted by molar-refractivity contribution is -0.162. The monoisotopic (exact) mass is 885 g/mol. The fourth-order valence-corrected chi connectivity index (χ4v) is 6.66. The third-order valence-electron chi connectivity index (χ3n) is 10.5. The van der Waals surface area contributed by atoms with Crippen LogP contribution in [0.4, 0.5) is 0 Å². The second-order valence-electron chi connectivity index (χ2n) is 16.7. The molecule has 0 aliphatic carbocycles. The molecule has 0 aliphatic heterocycles. The van der Waals surface area contributed by atoms with E-state index in [0.717, 1.165) is 109 Å². The zero-order valence-corrected chi connectivity index (χ0v) is 41.5. The zero-order chi connectivity index (χ0) is 46.3. The predicted octanol–water partition coefficient (Wildman–Crippen LogP) is 17.8. The standard InChI is InChI=1S/C59H96O5/c1-4-7-10-13-16-19-22-25-28-29-30-31-33-34-37-40-43-46-49-52-58(60)63-56-57(55-62-54-51-48-45-42-39-36-27-24-21-18-15-12-9-6-3)64-59(61)53-50-47-44-41-38-35-32-26-23-20-17-14-11-8-5-2/h7,9-10,12,16,18-19,21,25-28,30-32,34,36-37,43,46,57H,4-6,8,11,13-15,17,20,22-24,29,33,35,38-42,44-45,47-56H2,1-3H3/b10-7-,12-9-,19-16-,21-18-,28-25-,31-30-,32-26-,36-27-,37-34-,46-43-. The summed E-state index contributed by atoms with van der Waals surface area (Å²) in [6, 6.07) is 0. The number of allylic oxidation sites excluding steroid dienone is 20. The Hall–Kier alpha value is -3.70. The molecule has 0 spiro atoms. The van der Waals surface area contributed by atoms with Gasteiger partial charge >= 0.3 is 11.9 Å². The number of hydrogen-bond donors (Lipinski definition) is 0. The number of ether oxygens (including phenoxy) is 3. The Balaban J connectivity index is 4.45. The van der Waals surface area contributed by atoms with E-state index in [1.165, 1.54) is 64.2 Å². The average molecular weight is 885 g/mol. The largest absolute Gasteiger partial charge is 0.462 e. The van der Waals surface area contributed by atoms with Gasteiger partial charge in [-0.2, -0.15) is 0 Å². The average Bonchev–Trinajstić information content (AvgIpc) is 3.30. The smallest absolute Gasteiger partial charge is 0.306 e. The highest BCUT2D eigenvalue weighted by molar-refractivity contribution is 5.70. The topological polar surface area (TPSA) is 61.8 Å². The van der Waals surface area contributed by atoms with Crippen molar-refractivity contribution < 1.29 is 23.8 Å². The first-order valence-electron chi connectivity index (χ1n) is 26.1. The Morgan fingerprint density at radius 1 is 0.359 bits per heavy atom. The molecular weight excluding hydrogens is 789 g/mol.